The Kier molecular flexibility index (Phi) is 4.59. The molecular formula is C16H13N3O3S2. The Hall–Kier alpha value is -2.32. The number of aromatic carboxylic acids is 1. The van der Waals surface area contributed by atoms with Crippen LogP contribution in [-0.4, -0.2) is 32.1 Å². The van der Waals surface area contributed by atoms with Crippen molar-refractivity contribution in [3.63, 3.8) is 0 Å². The Balaban J connectivity index is 1.86. The summed E-state index contributed by atoms with van der Waals surface area (Å²) >= 11 is 2.48. The zero-order valence-electron chi connectivity index (χ0n) is 12.6. The van der Waals surface area contributed by atoms with E-state index < -0.39 is 11.9 Å². The maximum atomic E-state index is 12.6. The van der Waals surface area contributed by atoms with Crippen LogP contribution >= 0.6 is 23.1 Å². The minimum atomic E-state index is -0.995. The molecule has 122 valence electrons. The number of hydrogen-bond donors (Lipinski definition) is 2. The van der Waals surface area contributed by atoms with E-state index in [-0.39, 0.29) is 16.4 Å². The number of carboxylic acids is 1. The zero-order valence-corrected chi connectivity index (χ0v) is 14.3. The number of ketones is 1. The van der Waals surface area contributed by atoms with Crippen LogP contribution in [-0.2, 0) is 11.2 Å². The third-order valence-corrected chi connectivity index (χ3v) is 5.60. The van der Waals surface area contributed by atoms with E-state index in [4.69, 9.17) is 10.5 Å². The fourth-order valence-corrected chi connectivity index (χ4v) is 4.17. The van der Waals surface area contributed by atoms with Gasteiger partial charge in [-0.05, 0) is 30.2 Å². The highest BCUT2D eigenvalue weighted by molar-refractivity contribution is 8.19. The van der Waals surface area contributed by atoms with Crippen molar-refractivity contribution in [2.45, 2.75) is 19.3 Å². The first kappa shape index (κ1) is 16.5. The Morgan fingerprint density at radius 3 is 2.62 bits per heavy atom. The van der Waals surface area contributed by atoms with Gasteiger partial charge in [-0.1, -0.05) is 30.8 Å². The van der Waals surface area contributed by atoms with Gasteiger partial charge in [0.1, 0.15) is 15.9 Å². The second-order valence-electron chi connectivity index (χ2n) is 5.09. The fraction of sp³-hybridized carbons (Fsp3) is 0.188. The molecule has 0 saturated carbocycles. The van der Waals surface area contributed by atoms with Crippen LogP contribution in [0.25, 0.3) is 6.08 Å². The molecule has 24 heavy (non-hydrogen) atoms. The second kappa shape index (κ2) is 6.66. The summed E-state index contributed by atoms with van der Waals surface area (Å²) in [4.78, 5) is 23.9. The van der Waals surface area contributed by atoms with Crippen LogP contribution in [0.4, 0.5) is 0 Å². The first-order valence-corrected chi connectivity index (χ1v) is 8.80. The number of aromatic nitrogens is 2. The summed E-state index contributed by atoms with van der Waals surface area (Å²) < 4.78 is 0. The number of nitrogens with one attached hydrogen (secondary N) is 1. The van der Waals surface area contributed by atoms with Crippen molar-refractivity contribution in [3.8, 4) is 0 Å². The summed E-state index contributed by atoms with van der Waals surface area (Å²) in [6.07, 6.45) is 2.42. The number of nitrogens with zero attached hydrogens (tertiary/aromatic N) is 2. The quantitative estimate of drug-likeness (QED) is 0.812. The molecule has 6 nitrogen and oxygen atoms in total. The van der Waals surface area contributed by atoms with E-state index in [1.807, 2.05) is 6.92 Å². The number of thioether (sulfide) groups is 1. The van der Waals surface area contributed by atoms with E-state index in [1.165, 1.54) is 23.5 Å². The van der Waals surface area contributed by atoms with E-state index in [9.17, 15) is 9.59 Å². The van der Waals surface area contributed by atoms with Crippen LogP contribution in [0.5, 0.6) is 0 Å². The van der Waals surface area contributed by atoms with Gasteiger partial charge in [0.25, 0.3) is 0 Å². The number of benzene rings is 1. The lowest BCUT2D eigenvalue weighted by Gasteiger charge is -2.00. The van der Waals surface area contributed by atoms with Crippen molar-refractivity contribution >= 4 is 46.0 Å². The smallest absolute Gasteiger partial charge is 0.335 e. The molecule has 0 unspecified atom stereocenters. The number of aryl methyl sites for hydroxylation is 1. The normalized spacial score (nSPS) is 19.2. The summed E-state index contributed by atoms with van der Waals surface area (Å²) in [7, 11) is 0. The van der Waals surface area contributed by atoms with Gasteiger partial charge >= 0.3 is 5.97 Å². The molecule has 0 radical (unpaired) electrons. The summed E-state index contributed by atoms with van der Waals surface area (Å²) in [6.45, 7) is 1.97. The number of carboxylic acid groups (broad SMARTS) is 1. The molecule has 1 saturated heterocycles. The van der Waals surface area contributed by atoms with Gasteiger partial charge < -0.3 is 5.11 Å². The minimum absolute atomic E-state index is 0.161. The average molecular weight is 359 g/mol. The third kappa shape index (κ3) is 3.15. The van der Waals surface area contributed by atoms with Crippen LogP contribution in [0.3, 0.4) is 0 Å². The van der Waals surface area contributed by atoms with Crippen molar-refractivity contribution in [2.75, 3.05) is 0 Å². The summed E-state index contributed by atoms with van der Waals surface area (Å²) in [5, 5.41) is 26.7. The number of carbonyl (C=O) groups is 2. The topological polar surface area (TPSA) is 104 Å². The Labute approximate surface area is 146 Å². The van der Waals surface area contributed by atoms with E-state index in [2.05, 4.69) is 10.2 Å². The maximum Gasteiger partial charge on any atom is 0.335 e. The van der Waals surface area contributed by atoms with Crippen molar-refractivity contribution in [3.05, 3.63) is 50.3 Å². The van der Waals surface area contributed by atoms with Gasteiger partial charge in [0, 0.05) is 0 Å². The van der Waals surface area contributed by atoms with Gasteiger partial charge in [0.2, 0.25) is 0 Å². The van der Waals surface area contributed by atoms with Crippen molar-refractivity contribution < 1.29 is 14.7 Å². The number of allylic oxidation sites excluding steroid dienone is 1. The van der Waals surface area contributed by atoms with Crippen molar-refractivity contribution in [1.29, 1.82) is 5.41 Å². The molecule has 2 heterocycles. The van der Waals surface area contributed by atoms with Gasteiger partial charge in [-0.15, -0.1) is 21.5 Å². The molecule has 8 heteroatoms. The Bertz CT molecular complexity index is 856. The van der Waals surface area contributed by atoms with Crippen LogP contribution < -0.4 is 0 Å². The van der Waals surface area contributed by atoms with Gasteiger partial charge in [-0.25, -0.2) is 4.79 Å². The number of Topliss-reactive ketones (excluding diaryl/α,β-unsaturated/α-hetero) is 1. The van der Waals surface area contributed by atoms with E-state index in [1.54, 1.807) is 18.2 Å². The minimum Gasteiger partial charge on any atom is -0.478 e. The molecule has 1 aliphatic rings. The highest BCUT2D eigenvalue weighted by atomic mass is 32.2. The molecule has 0 aliphatic carbocycles. The van der Waals surface area contributed by atoms with Crippen LogP contribution in [0.15, 0.2) is 29.2 Å². The standard InChI is InChI=1S/C16H13N3O3S2/c1-2-11-18-19-15(24-11)12-13(20)10(23-14(12)17)7-8-3-5-9(6-4-8)16(21)22/h3-7,12,17H,2H2,1H3,(H,21,22)/b10-7-,17-14?/t12-/m1/s1. The predicted octanol–water partition coefficient (Wildman–Crippen LogP) is 3.22. The maximum absolute atomic E-state index is 12.6. The molecule has 1 aromatic carbocycles. The highest BCUT2D eigenvalue weighted by Gasteiger charge is 2.39. The fourth-order valence-electron chi connectivity index (χ4n) is 2.21. The lowest BCUT2D eigenvalue weighted by Crippen LogP contribution is -2.11. The zero-order chi connectivity index (χ0) is 17.3. The Morgan fingerprint density at radius 2 is 2.04 bits per heavy atom. The predicted molar refractivity (Wildman–Crippen MR) is 93.7 cm³/mol. The lowest BCUT2D eigenvalue weighted by molar-refractivity contribution is -0.114. The Morgan fingerprint density at radius 1 is 1.33 bits per heavy atom. The molecule has 3 rings (SSSR count). The van der Waals surface area contributed by atoms with Gasteiger partial charge in [0.15, 0.2) is 5.78 Å². The number of hydrogen-bond acceptors (Lipinski definition) is 7. The number of rotatable bonds is 4. The first-order valence-electron chi connectivity index (χ1n) is 7.17. The van der Waals surface area contributed by atoms with Crippen LogP contribution in [0.1, 0.15) is 38.8 Å². The molecule has 1 aromatic heterocycles. The summed E-state index contributed by atoms with van der Waals surface area (Å²) in [5.74, 6) is -1.83. The summed E-state index contributed by atoms with van der Waals surface area (Å²) in [5.41, 5.74) is 0.907. The SMILES string of the molecule is CCc1nnc([C@H]2C(=N)S/C(=C\c3ccc(C(=O)O)cc3)C2=O)s1. The molecular weight excluding hydrogens is 346 g/mol. The molecule has 1 fully saturated rings. The van der Waals surface area contributed by atoms with Crippen molar-refractivity contribution in [1.82, 2.24) is 10.2 Å². The largest absolute Gasteiger partial charge is 0.478 e. The van der Waals surface area contributed by atoms with Crippen LogP contribution in [0, 0.1) is 5.41 Å². The highest BCUT2D eigenvalue weighted by Crippen LogP contribution is 2.41. The molecule has 2 N–H and O–H groups in total. The molecule has 0 bridgehead atoms. The molecule has 0 amide bonds. The van der Waals surface area contributed by atoms with E-state index >= 15 is 0 Å². The van der Waals surface area contributed by atoms with Gasteiger partial charge in [-0.2, -0.15) is 0 Å². The summed E-state index contributed by atoms with van der Waals surface area (Å²) in [6, 6.07) is 6.25. The van der Waals surface area contributed by atoms with Crippen molar-refractivity contribution in [2.24, 2.45) is 0 Å². The van der Waals surface area contributed by atoms with Crippen LogP contribution in [0.2, 0.25) is 0 Å². The monoisotopic (exact) mass is 359 g/mol. The first-order chi connectivity index (χ1) is 11.5. The lowest BCUT2D eigenvalue weighted by atomic mass is 10.0. The number of carbonyl (C=O) groups excluding carboxylic acids is 1. The molecule has 2 aromatic rings. The second-order valence-corrected chi connectivity index (χ2v) is 7.26. The van der Waals surface area contributed by atoms with E-state index in [0.29, 0.717) is 9.91 Å². The molecule has 1 aliphatic heterocycles. The van der Waals surface area contributed by atoms with E-state index in [0.717, 1.165) is 28.8 Å². The molecule has 1 atom stereocenters. The average Bonchev–Trinajstić information content (AvgIpc) is 3.13. The third-order valence-electron chi connectivity index (χ3n) is 3.47. The van der Waals surface area contributed by atoms with Gasteiger partial charge in [-0.3, -0.25) is 10.2 Å². The molecule has 0 spiro atoms. The van der Waals surface area contributed by atoms with Gasteiger partial charge in [0.05, 0.1) is 15.5 Å².